The first-order chi connectivity index (χ1) is 6.75. The standard InChI is InChI=1S/C10H13FN2O/c11-9-4-1-5-10(12-9)13-6-2-3-8(14)7-13/h1,4-5,8,14H,2-3,6-7H2. The predicted molar refractivity (Wildman–Crippen MR) is 51.6 cm³/mol. The summed E-state index contributed by atoms with van der Waals surface area (Å²) in [4.78, 5) is 5.69. The third-order valence-corrected chi connectivity index (χ3v) is 2.42. The van der Waals surface area contributed by atoms with Crippen molar-refractivity contribution in [1.29, 1.82) is 0 Å². The summed E-state index contributed by atoms with van der Waals surface area (Å²) in [7, 11) is 0. The average Bonchev–Trinajstić information content (AvgIpc) is 2.18. The van der Waals surface area contributed by atoms with Gasteiger partial charge in [-0.2, -0.15) is 4.39 Å². The molecule has 1 aliphatic rings. The van der Waals surface area contributed by atoms with Crippen LogP contribution in [0.25, 0.3) is 0 Å². The lowest BCUT2D eigenvalue weighted by molar-refractivity contribution is 0.154. The van der Waals surface area contributed by atoms with Gasteiger partial charge in [-0.25, -0.2) is 4.98 Å². The van der Waals surface area contributed by atoms with Crippen molar-refractivity contribution in [2.75, 3.05) is 18.0 Å². The Morgan fingerprint density at radius 2 is 2.36 bits per heavy atom. The molecule has 2 heterocycles. The Bertz CT molecular complexity index is 319. The molecule has 76 valence electrons. The van der Waals surface area contributed by atoms with Gasteiger partial charge >= 0.3 is 0 Å². The maximum Gasteiger partial charge on any atom is 0.214 e. The summed E-state index contributed by atoms with van der Waals surface area (Å²) in [6, 6.07) is 4.73. The lowest BCUT2D eigenvalue weighted by Crippen LogP contribution is -2.38. The molecule has 1 aromatic heterocycles. The molecular formula is C10H13FN2O. The molecule has 0 aliphatic carbocycles. The van der Waals surface area contributed by atoms with Gasteiger partial charge in [0.25, 0.3) is 0 Å². The molecule has 0 spiro atoms. The van der Waals surface area contributed by atoms with E-state index >= 15 is 0 Å². The van der Waals surface area contributed by atoms with E-state index in [0.717, 1.165) is 19.4 Å². The summed E-state index contributed by atoms with van der Waals surface area (Å²) >= 11 is 0. The molecule has 1 fully saturated rings. The van der Waals surface area contributed by atoms with Gasteiger partial charge in [-0.3, -0.25) is 0 Å². The summed E-state index contributed by atoms with van der Waals surface area (Å²) in [5.41, 5.74) is 0. The number of rotatable bonds is 1. The lowest BCUT2D eigenvalue weighted by atomic mass is 10.1. The number of nitrogens with zero attached hydrogens (tertiary/aromatic N) is 2. The highest BCUT2D eigenvalue weighted by Crippen LogP contribution is 2.17. The molecule has 1 aromatic rings. The summed E-state index contributed by atoms with van der Waals surface area (Å²) in [6.45, 7) is 1.39. The third-order valence-electron chi connectivity index (χ3n) is 2.42. The van der Waals surface area contributed by atoms with Crippen molar-refractivity contribution in [2.45, 2.75) is 18.9 Å². The second kappa shape index (κ2) is 3.92. The van der Waals surface area contributed by atoms with Crippen molar-refractivity contribution < 1.29 is 9.50 Å². The maximum absolute atomic E-state index is 12.8. The van der Waals surface area contributed by atoms with Crippen molar-refractivity contribution in [3.05, 3.63) is 24.1 Å². The summed E-state index contributed by atoms with van der Waals surface area (Å²) in [6.07, 6.45) is 1.44. The number of aliphatic hydroxyl groups is 1. The number of halogens is 1. The van der Waals surface area contributed by atoms with Crippen LogP contribution in [-0.4, -0.2) is 29.3 Å². The predicted octanol–water partition coefficient (Wildman–Crippen LogP) is 1.18. The molecule has 0 radical (unpaired) electrons. The van der Waals surface area contributed by atoms with Gasteiger partial charge in [0, 0.05) is 13.1 Å². The van der Waals surface area contributed by atoms with Gasteiger partial charge in [-0.05, 0) is 25.0 Å². The number of hydrogen-bond donors (Lipinski definition) is 1. The van der Waals surface area contributed by atoms with Crippen LogP contribution in [0.15, 0.2) is 18.2 Å². The van der Waals surface area contributed by atoms with E-state index in [2.05, 4.69) is 4.98 Å². The molecule has 3 nitrogen and oxygen atoms in total. The summed E-state index contributed by atoms with van der Waals surface area (Å²) < 4.78 is 12.8. The molecule has 1 aliphatic heterocycles. The van der Waals surface area contributed by atoms with E-state index in [1.165, 1.54) is 6.07 Å². The Kier molecular flexibility index (Phi) is 2.63. The van der Waals surface area contributed by atoms with Crippen LogP contribution in [0.4, 0.5) is 10.2 Å². The zero-order valence-corrected chi connectivity index (χ0v) is 7.86. The van der Waals surface area contributed by atoms with Crippen molar-refractivity contribution in [1.82, 2.24) is 4.98 Å². The zero-order chi connectivity index (χ0) is 9.97. The van der Waals surface area contributed by atoms with E-state index in [1.54, 1.807) is 12.1 Å². The first kappa shape index (κ1) is 9.40. The van der Waals surface area contributed by atoms with Crippen LogP contribution in [0.3, 0.4) is 0 Å². The molecule has 1 N–H and O–H groups in total. The highest BCUT2D eigenvalue weighted by Gasteiger charge is 2.18. The fraction of sp³-hybridized carbons (Fsp3) is 0.500. The molecule has 14 heavy (non-hydrogen) atoms. The molecule has 1 unspecified atom stereocenters. The highest BCUT2D eigenvalue weighted by atomic mass is 19.1. The number of aromatic nitrogens is 1. The second-order valence-corrected chi connectivity index (χ2v) is 3.56. The maximum atomic E-state index is 12.8. The smallest absolute Gasteiger partial charge is 0.214 e. The summed E-state index contributed by atoms with van der Waals surface area (Å²) in [5, 5.41) is 9.45. The molecule has 4 heteroatoms. The van der Waals surface area contributed by atoms with E-state index in [1.807, 2.05) is 4.90 Å². The Labute approximate surface area is 82.2 Å². The van der Waals surface area contributed by atoms with Gasteiger partial charge in [-0.15, -0.1) is 0 Å². The fourth-order valence-corrected chi connectivity index (χ4v) is 1.74. The number of aliphatic hydroxyl groups excluding tert-OH is 1. The first-order valence-electron chi connectivity index (χ1n) is 4.81. The minimum atomic E-state index is -0.470. The molecule has 2 rings (SSSR count). The molecule has 0 bridgehead atoms. The Morgan fingerprint density at radius 3 is 3.07 bits per heavy atom. The SMILES string of the molecule is OC1CCCN(c2cccc(F)n2)C1. The van der Waals surface area contributed by atoms with E-state index < -0.39 is 5.95 Å². The minimum absolute atomic E-state index is 0.311. The minimum Gasteiger partial charge on any atom is -0.391 e. The molecule has 1 atom stereocenters. The monoisotopic (exact) mass is 196 g/mol. The van der Waals surface area contributed by atoms with Gasteiger partial charge in [0.15, 0.2) is 0 Å². The summed E-state index contributed by atoms with van der Waals surface area (Å²) in [5.74, 6) is 0.145. The number of pyridine rings is 1. The van der Waals surface area contributed by atoms with Crippen LogP contribution >= 0.6 is 0 Å². The number of anilines is 1. The van der Waals surface area contributed by atoms with Gasteiger partial charge in [-0.1, -0.05) is 6.07 Å². The van der Waals surface area contributed by atoms with Crippen LogP contribution in [0.5, 0.6) is 0 Å². The van der Waals surface area contributed by atoms with Gasteiger partial charge in [0.05, 0.1) is 6.10 Å². The molecule has 1 saturated heterocycles. The van der Waals surface area contributed by atoms with Crippen LogP contribution in [0.1, 0.15) is 12.8 Å². The van der Waals surface area contributed by atoms with Crippen molar-refractivity contribution in [2.24, 2.45) is 0 Å². The van der Waals surface area contributed by atoms with Crippen LogP contribution < -0.4 is 4.90 Å². The zero-order valence-electron chi connectivity index (χ0n) is 7.86. The fourth-order valence-electron chi connectivity index (χ4n) is 1.74. The van der Waals surface area contributed by atoms with Gasteiger partial charge < -0.3 is 10.0 Å². The Balaban J connectivity index is 2.14. The molecular weight excluding hydrogens is 183 g/mol. The molecule has 0 amide bonds. The third kappa shape index (κ3) is 2.01. The van der Waals surface area contributed by atoms with Crippen molar-refractivity contribution in [3.8, 4) is 0 Å². The number of hydrogen-bond acceptors (Lipinski definition) is 3. The largest absolute Gasteiger partial charge is 0.391 e. The van der Waals surface area contributed by atoms with E-state index in [9.17, 15) is 9.50 Å². The van der Waals surface area contributed by atoms with Crippen LogP contribution in [0, 0.1) is 5.95 Å². The highest BCUT2D eigenvalue weighted by molar-refractivity contribution is 5.38. The van der Waals surface area contributed by atoms with E-state index in [0.29, 0.717) is 12.4 Å². The Hall–Kier alpha value is -1.16. The Morgan fingerprint density at radius 1 is 1.50 bits per heavy atom. The average molecular weight is 196 g/mol. The molecule has 0 saturated carbocycles. The van der Waals surface area contributed by atoms with E-state index in [-0.39, 0.29) is 6.10 Å². The van der Waals surface area contributed by atoms with Crippen molar-refractivity contribution in [3.63, 3.8) is 0 Å². The van der Waals surface area contributed by atoms with Crippen LogP contribution in [-0.2, 0) is 0 Å². The lowest BCUT2D eigenvalue weighted by Gasteiger charge is -2.30. The van der Waals surface area contributed by atoms with Gasteiger partial charge in [0.1, 0.15) is 5.82 Å². The van der Waals surface area contributed by atoms with Crippen molar-refractivity contribution >= 4 is 5.82 Å². The second-order valence-electron chi connectivity index (χ2n) is 3.56. The topological polar surface area (TPSA) is 36.4 Å². The number of piperidine rings is 1. The quantitative estimate of drug-likeness (QED) is 0.685. The van der Waals surface area contributed by atoms with E-state index in [4.69, 9.17) is 0 Å². The number of β-amino-alcohol motifs (C(OH)–C–C–N with tert-alkyl or cyclic N) is 1. The first-order valence-corrected chi connectivity index (χ1v) is 4.81. The normalized spacial score (nSPS) is 22.4. The van der Waals surface area contributed by atoms with Crippen LogP contribution in [0.2, 0.25) is 0 Å². The molecule has 0 aromatic carbocycles. The van der Waals surface area contributed by atoms with Gasteiger partial charge in [0.2, 0.25) is 5.95 Å².